The molecule has 1 unspecified atom stereocenters. The molecule has 1 N–H and O–H groups in total. The summed E-state index contributed by atoms with van der Waals surface area (Å²) < 4.78 is 3.85. The summed E-state index contributed by atoms with van der Waals surface area (Å²) in [6.45, 7) is 2.84. The summed E-state index contributed by atoms with van der Waals surface area (Å²) in [5.41, 5.74) is 4.44. The molecule has 190 valence electrons. The van der Waals surface area contributed by atoms with Crippen LogP contribution in [-0.2, 0) is 24.9 Å². The fourth-order valence-electron chi connectivity index (χ4n) is 5.75. The van der Waals surface area contributed by atoms with Crippen molar-refractivity contribution >= 4 is 16.8 Å². The second-order valence-electron chi connectivity index (χ2n) is 10.5. The van der Waals surface area contributed by atoms with Gasteiger partial charge in [0.1, 0.15) is 0 Å². The lowest BCUT2D eigenvalue weighted by Gasteiger charge is -2.35. The molecular weight excluding hydrogens is 462 g/mol. The van der Waals surface area contributed by atoms with Crippen LogP contribution in [-0.4, -0.2) is 44.1 Å². The van der Waals surface area contributed by atoms with E-state index in [2.05, 4.69) is 56.3 Å². The maximum absolute atomic E-state index is 14.1. The molecule has 4 heterocycles. The van der Waals surface area contributed by atoms with Gasteiger partial charge in [0.25, 0.3) is 5.56 Å². The zero-order valence-electron chi connectivity index (χ0n) is 21.2. The molecule has 1 amide bonds. The molecule has 7 heteroatoms. The maximum atomic E-state index is 14.1. The van der Waals surface area contributed by atoms with E-state index in [1.807, 2.05) is 24.5 Å². The highest BCUT2D eigenvalue weighted by Gasteiger charge is 2.40. The van der Waals surface area contributed by atoms with Crippen LogP contribution in [0.15, 0.2) is 78.1 Å². The van der Waals surface area contributed by atoms with Gasteiger partial charge < -0.3 is 19.4 Å². The molecule has 0 radical (unpaired) electrons. The molecule has 4 aromatic rings. The number of aromatic nitrogens is 3. The quantitative estimate of drug-likeness (QED) is 0.425. The van der Waals surface area contributed by atoms with Crippen LogP contribution < -0.4 is 10.9 Å². The first-order chi connectivity index (χ1) is 18.1. The van der Waals surface area contributed by atoms with E-state index in [9.17, 15) is 9.59 Å². The van der Waals surface area contributed by atoms with E-state index < -0.39 is 0 Å². The summed E-state index contributed by atoms with van der Waals surface area (Å²) >= 11 is 0. The zero-order valence-corrected chi connectivity index (χ0v) is 21.2. The van der Waals surface area contributed by atoms with E-state index in [0.717, 1.165) is 43.5 Å². The SMILES string of the molecule is Cn1ccc(C2CCNC[C@@H]2C(=O)N(Cc2cn(Cc3cccnc3)c3ccccc23)C2CC2)cc1=O. The molecule has 2 aliphatic rings. The summed E-state index contributed by atoms with van der Waals surface area (Å²) in [5, 5.41) is 4.63. The van der Waals surface area contributed by atoms with E-state index in [1.54, 1.807) is 23.9 Å². The summed E-state index contributed by atoms with van der Waals surface area (Å²) in [7, 11) is 1.76. The van der Waals surface area contributed by atoms with E-state index in [1.165, 1.54) is 16.5 Å². The van der Waals surface area contributed by atoms with Crippen LogP contribution in [0.3, 0.4) is 0 Å². The number of piperidine rings is 1. The van der Waals surface area contributed by atoms with Crippen LogP contribution in [0.1, 0.15) is 41.9 Å². The van der Waals surface area contributed by atoms with Gasteiger partial charge in [0.15, 0.2) is 0 Å². The molecule has 1 aliphatic carbocycles. The summed E-state index contributed by atoms with van der Waals surface area (Å²) in [6.07, 6.45) is 10.7. The van der Waals surface area contributed by atoms with Crippen LogP contribution in [0.4, 0.5) is 0 Å². The van der Waals surface area contributed by atoms with Crippen LogP contribution in [0, 0.1) is 5.92 Å². The van der Waals surface area contributed by atoms with Crippen molar-refractivity contribution in [2.45, 2.75) is 44.3 Å². The number of nitrogens with one attached hydrogen (secondary N) is 1. The maximum Gasteiger partial charge on any atom is 0.250 e. The minimum atomic E-state index is -0.176. The van der Waals surface area contributed by atoms with Crippen molar-refractivity contribution in [3.05, 3.63) is 100 Å². The van der Waals surface area contributed by atoms with Crippen molar-refractivity contribution < 1.29 is 4.79 Å². The number of para-hydroxylation sites is 1. The summed E-state index contributed by atoms with van der Waals surface area (Å²) in [6, 6.07) is 16.5. The number of aryl methyl sites for hydroxylation is 1. The van der Waals surface area contributed by atoms with Gasteiger partial charge in [-0.1, -0.05) is 24.3 Å². The predicted octanol–water partition coefficient (Wildman–Crippen LogP) is 3.67. The number of fused-ring (bicyclic) bond motifs is 1. The van der Waals surface area contributed by atoms with Gasteiger partial charge in [-0.2, -0.15) is 0 Å². The molecule has 1 saturated carbocycles. The first-order valence-electron chi connectivity index (χ1n) is 13.2. The Morgan fingerprint density at radius 2 is 2.00 bits per heavy atom. The molecule has 3 aromatic heterocycles. The Kier molecular flexibility index (Phi) is 6.38. The monoisotopic (exact) mass is 495 g/mol. The summed E-state index contributed by atoms with van der Waals surface area (Å²) in [4.78, 5) is 32.9. The lowest BCUT2D eigenvalue weighted by molar-refractivity contribution is -0.138. The van der Waals surface area contributed by atoms with Gasteiger partial charge in [0, 0.05) is 74.5 Å². The van der Waals surface area contributed by atoms with E-state index in [-0.39, 0.29) is 23.3 Å². The Morgan fingerprint density at radius 3 is 2.78 bits per heavy atom. The number of amides is 1. The Morgan fingerprint density at radius 1 is 1.14 bits per heavy atom. The number of benzene rings is 1. The molecule has 1 aromatic carbocycles. The van der Waals surface area contributed by atoms with Crippen molar-refractivity contribution in [1.82, 2.24) is 24.3 Å². The van der Waals surface area contributed by atoms with E-state index in [4.69, 9.17) is 0 Å². The highest BCUT2D eigenvalue weighted by molar-refractivity contribution is 5.86. The highest BCUT2D eigenvalue weighted by Crippen LogP contribution is 2.36. The fourth-order valence-corrected chi connectivity index (χ4v) is 5.75. The molecule has 1 saturated heterocycles. The minimum absolute atomic E-state index is 0.0253. The molecule has 6 rings (SSSR count). The first-order valence-corrected chi connectivity index (χ1v) is 13.2. The lowest BCUT2D eigenvalue weighted by atomic mass is 9.80. The Bertz CT molecular complexity index is 1470. The van der Waals surface area contributed by atoms with Gasteiger partial charge in [-0.05, 0) is 66.6 Å². The molecule has 0 bridgehead atoms. The fraction of sp³-hybridized carbons (Fsp3) is 0.367. The largest absolute Gasteiger partial charge is 0.343 e. The molecule has 0 spiro atoms. The van der Waals surface area contributed by atoms with Gasteiger partial charge in [-0.15, -0.1) is 0 Å². The number of carbonyl (C=O) groups is 1. The van der Waals surface area contributed by atoms with Crippen LogP contribution >= 0.6 is 0 Å². The highest BCUT2D eigenvalue weighted by atomic mass is 16.2. The van der Waals surface area contributed by atoms with Gasteiger partial charge in [0.05, 0.1) is 5.92 Å². The second kappa shape index (κ2) is 9.98. The third-order valence-electron chi connectivity index (χ3n) is 7.91. The summed E-state index contributed by atoms with van der Waals surface area (Å²) in [5.74, 6) is 0.0745. The van der Waals surface area contributed by atoms with Crippen LogP contribution in [0.5, 0.6) is 0 Å². The van der Waals surface area contributed by atoms with Crippen molar-refractivity contribution in [2.75, 3.05) is 13.1 Å². The number of hydrogen-bond acceptors (Lipinski definition) is 4. The molecule has 2 atom stereocenters. The molecular formula is C30H33N5O2. The normalized spacial score (nSPS) is 19.7. The van der Waals surface area contributed by atoms with Crippen molar-refractivity contribution in [1.29, 1.82) is 0 Å². The van der Waals surface area contributed by atoms with E-state index >= 15 is 0 Å². The Labute approximate surface area is 216 Å². The average molecular weight is 496 g/mol. The molecule has 7 nitrogen and oxygen atoms in total. The average Bonchev–Trinajstić information content (AvgIpc) is 3.72. The number of nitrogens with zero attached hydrogens (tertiary/aromatic N) is 4. The second-order valence-corrected chi connectivity index (χ2v) is 10.5. The number of carbonyl (C=O) groups excluding carboxylic acids is 1. The van der Waals surface area contributed by atoms with Crippen LogP contribution in [0.2, 0.25) is 0 Å². The van der Waals surface area contributed by atoms with Crippen molar-refractivity contribution in [2.24, 2.45) is 13.0 Å². The zero-order chi connectivity index (χ0) is 25.4. The molecule has 2 fully saturated rings. The predicted molar refractivity (Wildman–Crippen MR) is 144 cm³/mol. The number of pyridine rings is 2. The molecule has 1 aliphatic heterocycles. The smallest absolute Gasteiger partial charge is 0.250 e. The van der Waals surface area contributed by atoms with Crippen molar-refractivity contribution in [3.63, 3.8) is 0 Å². The van der Waals surface area contributed by atoms with Gasteiger partial charge in [0.2, 0.25) is 5.91 Å². The number of hydrogen-bond donors (Lipinski definition) is 1. The van der Waals surface area contributed by atoms with Crippen molar-refractivity contribution in [3.8, 4) is 0 Å². The first kappa shape index (κ1) is 23.7. The third kappa shape index (κ3) is 4.83. The van der Waals surface area contributed by atoms with Crippen LogP contribution in [0.25, 0.3) is 10.9 Å². The topological polar surface area (TPSA) is 72.2 Å². The van der Waals surface area contributed by atoms with E-state index in [0.29, 0.717) is 19.1 Å². The third-order valence-corrected chi connectivity index (χ3v) is 7.91. The molecule has 37 heavy (non-hydrogen) atoms. The number of rotatable bonds is 7. The van der Waals surface area contributed by atoms with Gasteiger partial charge in [-0.25, -0.2) is 0 Å². The van der Waals surface area contributed by atoms with Gasteiger partial charge >= 0.3 is 0 Å². The lowest BCUT2D eigenvalue weighted by Crippen LogP contribution is -2.47. The minimum Gasteiger partial charge on any atom is -0.343 e. The van der Waals surface area contributed by atoms with Gasteiger partial charge in [-0.3, -0.25) is 14.6 Å². The Balaban J connectivity index is 1.30. The Hall–Kier alpha value is -3.71. The standard InChI is InChI=1S/C30H33N5O2/c1-33-14-11-22(15-29(33)36)25-10-13-32-17-27(25)30(37)35(24-8-9-24)20-23-19-34(18-21-5-4-12-31-16-21)28-7-3-2-6-26(23)28/h2-7,11-12,14-16,19,24-25,27,32H,8-10,13,17-18,20H2,1H3/t25?,27-/m0/s1.